The molecule has 0 amide bonds. The minimum Gasteiger partial charge on any atom is -0.434 e. The second kappa shape index (κ2) is 6.50. The van der Waals surface area contributed by atoms with Crippen molar-refractivity contribution in [3.8, 4) is 0 Å². The number of unbranched alkanes of at least 4 members (excludes halogenated alkanes) is 2. The number of hydrogen-bond acceptors (Lipinski definition) is 3. The third-order valence-corrected chi connectivity index (χ3v) is 1.32. The molecule has 0 aromatic rings. The quantitative estimate of drug-likeness (QED) is 0.521. The molecule has 3 nitrogen and oxygen atoms in total. The highest BCUT2D eigenvalue weighted by molar-refractivity contribution is 5.59. The van der Waals surface area contributed by atoms with E-state index in [-0.39, 0.29) is 6.61 Å². The van der Waals surface area contributed by atoms with Gasteiger partial charge in [-0.1, -0.05) is 19.8 Å². The number of carbonyl (C=O) groups excluding carboxylic acids is 1. The average molecular weight is 214 g/mol. The van der Waals surface area contributed by atoms with Crippen molar-refractivity contribution in [1.82, 2.24) is 0 Å². The van der Waals surface area contributed by atoms with Crippen LogP contribution in [0, 0.1) is 0 Å². The molecule has 0 aromatic carbocycles. The molecule has 0 radical (unpaired) electrons. The summed E-state index contributed by atoms with van der Waals surface area (Å²) in [5, 5.41) is 0. The van der Waals surface area contributed by atoms with Gasteiger partial charge in [0.2, 0.25) is 0 Å². The third kappa shape index (κ3) is 9.15. The lowest BCUT2D eigenvalue weighted by molar-refractivity contribution is -0.165. The maximum absolute atomic E-state index is 11.5. The number of rotatable bonds is 5. The van der Waals surface area contributed by atoms with Crippen molar-refractivity contribution in [3.63, 3.8) is 0 Å². The standard InChI is InChI=1S/C8H13F3O3/c1-2-3-4-5-13-7(12)14-6-8(9,10)11/h2-6H2,1H3. The van der Waals surface area contributed by atoms with Crippen LogP contribution in [0.3, 0.4) is 0 Å². The van der Waals surface area contributed by atoms with Gasteiger partial charge in [-0.3, -0.25) is 0 Å². The molecule has 14 heavy (non-hydrogen) atoms. The van der Waals surface area contributed by atoms with Gasteiger partial charge in [-0.25, -0.2) is 4.79 Å². The number of ether oxygens (including phenoxy) is 2. The van der Waals surface area contributed by atoms with Crippen molar-refractivity contribution in [3.05, 3.63) is 0 Å². The van der Waals surface area contributed by atoms with Crippen molar-refractivity contribution < 1.29 is 27.4 Å². The summed E-state index contributed by atoms with van der Waals surface area (Å²) in [6.45, 7) is 0.464. The van der Waals surface area contributed by atoms with Gasteiger partial charge in [-0.15, -0.1) is 0 Å². The predicted molar refractivity (Wildman–Crippen MR) is 42.9 cm³/mol. The van der Waals surface area contributed by atoms with Gasteiger partial charge in [0.05, 0.1) is 6.61 Å². The second-order valence-electron chi connectivity index (χ2n) is 2.71. The van der Waals surface area contributed by atoms with E-state index in [0.29, 0.717) is 6.42 Å². The number of halogens is 3. The first-order valence-corrected chi connectivity index (χ1v) is 4.32. The largest absolute Gasteiger partial charge is 0.508 e. The fraction of sp³-hybridized carbons (Fsp3) is 0.875. The molecule has 0 atom stereocenters. The van der Waals surface area contributed by atoms with Gasteiger partial charge in [0.1, 0.15) is 0 Å². The Morgan fingerprint density at radius 1 is 1.21 bits per heavy atom. The highest BCUT2D eigenvalue weighted by Crippen LogP contribution is 2.14. The fourth-order valence-electron chi connectivity index (χ4n) is 0.690. The van der Waals surface area contributed by atoms with Crippen LogP contribution in [0.5, 0.6) is 0 Å². The van der Waals surface area contributed by atoms with Crippen LogP contribution in [0.1, 0.15) is 26.2 Å². The molecule has 6 heteroatoms. The molecule has 0 aliphatic heterocycles. The van der Waals surface area contributed by atoms with Crippen LogP contribution in [-0.4, -0.2) is 25.5 Å². The van der Waals surface area contributed by atoms with Crippen molar-refractivity contribution in [2.45, 2.75) is 32.4 Å². The molecule has 0 aliphatic rings. The zero-order valence-corrected chi connectivity index (χ0v) is 7.89. The minimum absolute atomic E-state index is 0.102. The SMILES string of the molecule is CCCCCOC(=O)OCC(F)(F)F. The lowest BCUT2D eigenvalue weighted by Gasteiger charge is -2.07. The molecule has 0 aromatic heterocycles. The molecule has 84 valence electrons. The summed E-state index contributed by atoms with van der Waals surface area (Å²) in [6, 6.07) is 0. The average Bonchev–Trinajstić information content (AvgIpc) is 2.08. The van der Waals surface area contributed by atoms with Crippen LogP contribution in [0.2, 0.25) is 0 Å². The Bertz CT molecular complexity index is 168. The van der Waals surface area contributed by atoms with Crippen molar-refractivity contribution in [2.24, 2.45) is 0 Å². The molecule has 0 rings (SSSR count). The molecular weight excluding hydrogens is 201 g/mol. The normalized spacial score (nSPS) is 11.1. The van der Waals surface area contributed by atoms with E-state index < -0.39 is 18.9 Å². The summed E-state index contributed by atoms with van der Waals surface area (Å²) in [7, 11) is 0. The van der Waals surface area contributed by atoms with Crippen LogP contribution < -0.4 is 0 Å². The molecule has 0 saturated carbocycles. The van der Waals surface area contributed by atoms with Gasteiger partial charge >= 0.3 is 12.3 Å². The zero-order valence-electron chi connectivity index (χ0n) is 7.89. The number of hydrogen-bond donors (Lipinski definition) is 0. The molecule has 0 spiro atoms. The summed E-state index contributed by atoms with van der Waals surface area (Å²) in [4.78, 5) is 10.5. The predicted octanol–water partition coefficient (Wildman–Crippen LogP) is 2.89. The van der Waals surface area contributed by atoms with Gasteiger partial charge in [0, 0.05) is 0 Å². The van der Waals surface area contributed by atoms with Crippen molar-refractivity contribution in [1.29, 1.82) is 0 Å². The van der Waals surface area contributed by atoms with Gasteiger partial charge < -0.3 is 9.47 Å². The Kier molecular flexibility index (Phi) is 6.07. The molecule has 0 saturated heterocycles. The van der Waals surface area contributed by atoms with E-state index in [1.165, 1.54) is 0 Å². The summed E-state index contributed by atoms with van der Waals surface area (Å²) >= 11 is 0. The smallest absolute Gasteiger partial charge is 0.434 e. The van der Waals surface area contributed by atoms with E-state index in [1.54, 1.807) is 0 Å². The van der Waals surface area contributed by atoms with E-state index in [1.807, 2.05) is 6.92 Å². The van der Waals surface area contributed by atoms with Gasteiger partial charge in [-0.2, -0.15) is 13.2 Å². The van der Waals surface area contributed by atoms with Gasteiger partial charge in [0.25, 0.3) is 0 Å². The summed E-state index contributed by atoms with van der Waals surface area (Å²) < 4.78 is 42.8. The van der Waals surface area contributed by atoms with Gasteiger partial charge in [-0.05, 0) is 6.42 Å². The molecule has 0 N–H and O–H groups in total. The highest BCUT2D eigenvalue weighted by atomic mass is 19.4. The fourth-order valence-corrected chi connectivity index (χ4v) is 0.690. The Morgan fingerprint density at radius 3 is 2.36 bits per heavy atom. The summed E-state index contributed by atoms with van der Waals surface area (Å²) in [5.74, 6) is 0. The second-order valence-corrected chi connectivity index (χ2v) is 2.71. The number of carbonyl (C=O) groups is 1. The minimum atomic E-state index is -4.50. The van der Waals surface area contributed by atoms with E-state index in [0.717, 1.165) is 12.8 Å². The Hall–Kier alpha value is -0.940. The van der Waals surface area contributed by atoms with Crippen LogP contribution in [-0.2, 0) is 9.47 Å². The maximum Gasteiger partial charge on any atom is 0.508 e. The first kappa shape index (κ1) is 13.1. The maximum atomic E-state index is 11.5. The van der Waals surface area contributed by atoms with E-state index in [9.17, 15) is 18.0 Å². The first-order valence-electron chi connectivity index (χ1n) is 4.32. The van der Waals surface area contributed by atoms with Crippen LogP contribution in [0.25, 0.3) is 0 Å². The van der Waals surface area contributed by atoms with E-state index in [2.05, 4.69) is 9.47 Å². The third-order valence-electron chi connectivity index (χ3n) is 1.32. The Morgan fingerprint density at radius 2 is 1.86 bits per heavy atom. The molecule has 0 unspecified atom stereocenters. The lowest BCUT2D eigenvalue weighted by Crippen LogP contribution is -2.21. The number of alkyl halides is 3. The molecule has 0 aliphatic carbocycles. The van der Waals surface area contributed by atoms with Crippen molar-refractivity contribution in [2.75, 3.05) is 13.2 Å². The Balaban J connectivity index is 3.38. The first-order chi connectivity index (χ1) is 6.45. The van der Waals surface area contributed by atoms with Crippen molar-refractivity contribution >= 4 is 6.16 Å². The Labute approximate surface area is 80.2 Å². The van der Waals surface area contributed by atoms with Gasteiger partial charge in [0.15, 0.2) is 6.61 Å². The van der Waals surface area contributed by atoms with Crippen LogP contribution in [0.15, 0.2) is 0 Å². The summed E-state index contributed by atoms with van der Waals surface area (Å²) in [5.41, 5.74) is 0. The molecule has 0 heterocycles. The van der Waals surface area contributed by atoms with Crippen LogP contribution in [0.4, 0.5) is 18.0 Å². The van der Waals surface area contributed by atoms with E-state index in [4.69, 9.17) is 0 Å². The summed E-state index contributed by atoms with van der Waals surface area (Å²) in [6.07, 6.45) is -3.31. The molecule has 0 bridgehead atoms. The highest BCUT2D eigenvalue weighted by Gasteiger charge is 2.29. The molecular formula is C8H13F3O3. The topological polar surface area (TPSA) is 35.5 Å². The monoisotopic (exact) mass is 214 g/mol. The van der Waals surface area contributed by atoms with E-state index >= 15 is 0 Å². The molecule has 0 fully saturated rings. The van der Waals surface area contributed by atoms with Crippen LogP contribution >= 0.6 is 0 Å². The zero-order chi connectivity index (χ0) is 11.0. The lowest BCUT2D eigenvalue weighted by atomic mass is 10.3.